The summed E-state index contributed by atoms with van der Waals surface area (Å²) in [6.45, 7) is 17.1. The number of halogens is 2. The van der Waals surface area contributed by atoms with E-state index in [0.717, 1.165) is 15.9 Å². The molecule has 0 atom stereocenters. The van der Waals surface area contributed by atoms with Crippen molar-refractivity contribution in [2.75, 3.05) is 0 Å². The fourth-order valence-electron chi connectivity index (χ4n) is 6.31. The van der Waals surface area contributed by atoms with Crippen LogP contribution in [0, 0.1) is 6.07 Å². The third-order valence-corrected chi connectivity index (χ3v) is 14.3. The van der Waals surface area contributed by atoms with Crippen molar-refractivity contribution in [1.82, 2.24) is 0 Å². The maximum absolute atomic E-state index is 4.93. The van der Waals surface area contributed by atoms with Crippen molar-refractivity contribution in [3.8, 4) is 33.4 Å². The van der Waals surface area contributed by atoms with Gasteiger partial charge in [-0.15, -0.1) is 40.1 Å². The average Bonchev–Trinajstić information content (AvgIpc) is 3.67. The van der Waals surface area contributed by atoms with Crippen molar-refractivity contribution < 1.29 is 20.8 Å². The summed E-state index contributed by atoms with van der Waals surface area (Å²) in [7, 11) is 7.79. The molecular formula is C42H44Cl2Si3Zr. The van der Waals surface area contributed by atoms with Gasteiger partial charge in [0.1, 0.15) is 0 Å². The molecule has 2 radical (unpaired) electrons. The molecule has 0 amide bonds. The Balaban J connectivity index is 0.000000231. The molecule has 0 N–H and O–H groups in total. The summed E-state index contributed by atoms with van der Waals surface area (Å²) < 4.78 is 0. The smallest absolute Gasteiger partial charge is 0.0920 e. The van der Waals surface area contributed by atoms with Crippen molar-refractivity contribution in [2.24, 2.45) is 0 Å². The van der Waals surface area contributed by atoms with E-state index in [1.54, 1.807) is 10.4 Å². The molecule has 0 aliphatic carbocycles. The first-order chi connectivity index (χ1) is 22.9. The summed E-state index contributed by atoms with van der Waals surface area (Å²) in [5.74, 6) is 0. The molecule has 0 saturated carbocycles. The normalized spacial score (nSPS) is 11.9. The molecule has 0 nitrogen and oxygen atoms in total. The van der Waals surface area contributed by atoms with Gasteiger partial charge >= 0.3 is 37.9 Å². The molecule has 6 aromatic rings. The van der Waals surface area contributed by atoms with Crippen LogP contribution in [0.2, 0.25) is 39.3 Å². The Hall–Kier alpha value is -2.18. The number of aryl methyl sites for hydroxylation is 1. The van der Waals surface area contributed by atoms with E-state index in [4.69, 9.17) is 17.0 Å². The number of hydrogen-bond donors (Lipinski definition) is 0. The van der Waals surface area contributed by atoms with Crippen molar-refractivity contribution in [3.63, 3.8) is 0 Å². The van der Waals surface area contributed by atoms with Crippen LogP contribution < -0.4 is 20.7 Å². The van der Waals surface area contributed by atoms with Crippen LogP contribution in [-0.2, 0) is 27.3 Å². The number of rotatable bonds is 6. The fraction of sp³-hybridized carbons (Fsp3) is 0.214. The Morgan fingerprint density at radius 3 is 1.98 bits per heavy atom. The third kappa shape index (κ3) is 8.75. The Kier molecular flexibility index (Phi) is 12.5. The number of benzene rings is 5. The van der Waals surface area contributed by atoms with Gasteiger partial charge < -0.3 is 0 Å². The molecule has 0 unspecified atom stereocenters. The van der Waals surface area contributed by atoms with Gasteiger partial charge in [0.15, 0.2) is 0 Å². The van der Waals surface area contributed by atoms with E-state index in [2.05, 4.69) is 161 Å². The SMILES string of the molecule is CCCc1ccc2[cH-]c(-c3ccccc3)cc2c1-c1cc([Si](C)(C)C)cc([Si](C)(C)C)c1.[Cl][Zr+2][Cl].[c-]1cccc2c1[Si]c1ccccc1-2. The van der Waals surface area contributed by atoms with Crippen LogP contribution in [0.3, 0.4) is 0 Å². The zero-order valence-electron chi connectivity index (χ0n) is 29.1. The molecule has 242 valence electrons. The first-order valence-corrected chi connectivity index (χ1v) is 31.0. The number of fused-ring (bicyclic) bond motifs is 4. The minimum absolute atomic E-state index is 0.795. The van der Waals surface area contributed by atoms with E-state index in [1.807, 2.05) is 6.07 Å². The average molecular weight is 795 g/mol. The summed E-state index contributed by atoms with van der Waals surface area (Å²) in [5.41, 5.74) is 9.77. The maximum Gasteiger partial charge on any atom is 0.0920 e. The van der Waals surface area contributed by atoms with Crippen LogP contribution in [0.5, 0.6) is 0 Å². The monoisotopic (exact) mass is 792 g/mol. The zero-order chi connectivity index (χ0) is 34.5. The van der Waals surface area contributed by atoms with Gasteiger partial charge in [0.05, 0.1) is 25.7 Å². The summed E-state index contributed by atoms with van der Waals surface area (Å²) in [5, 5.41) is 8.75. The van der Waals surface area contributed by atoms with Gasteiger partial charge in [-0.05, 0) is 17.5 Å². The third-order valence-electron chi connectivity index (χ3n) is 8.89. The minimum atomic E-state index is -1.44. The minimum Gasteiger partial charge on any atom is -0.184 e. The van der Waals surface area contributed by atoms with Crippen LogP contribution in [-0.4, -0.2) is 25.7 Å². The van der Waals surface area contributed by atoms with Crippen molar-refractivity contribution in [2.45, 2.75) is 59.0 Å². The van der Waals surface area contributed by atoms with Gasteiger partial charge in [-0.3, -0.25) is 0 Å². The Labute approximate surface area is 311 Å². The molecule has 0 saturated heterocycles. The molecule has 6 aromatic carbocycles. The van der Waals surface area contributed by atoms with E-state index in [0.29, 0.717) is 0 Å². The van der Waals surface area contributed by atoms with Gasteiger partial charge in [0.2, 0.25) is 0 Å². The standard InChI is InChI=1S/C30H37Si2.C12H7Si.2ClH.Zr/c1-8-12-23-15-16-24-17-25(22-13-10-9-11-14-22)20-29(24)30(23)26-18-27(31(2,3)4)21-28(19-26)32(5,6)7;1-3-7-11-9(5-1)10-6-2-4-8-12(10)13-11;;;/h9-11,13-21H,8,12H2,1-7H3;1-7H;2*1H;/q2*-1;;;+4/p-2. The van der Waals surface area contributed by atoms with Crippen LogP contribution in [0.4, 0.5) is 0 Å². The predicted octanol–water partition coefficient (Wildman–Crippen LogP) is 10.4. The van der Waals surface area contributed by atoms with Crippen LogP contribution >= 0.6 is 17.0 Å². The van der Waals surface area contributed by atoms with Gasteiger partial charge in [0, 0.05) is 0 Å². The maximum atomic E-state index is 4.93. The molecule has 1 aliphatic heterocycles. The van der Waals surface area contributed by atoms with Crippen molar-refractivity contribution in [3.05, 3.63) is 127 Å². The molecule has 48 heavy (non-hydrogen) atoms. The van der Waals surface area contributed by atoms with E-state index in [9.17, 15) is 0 Å². The van der Waals surface area contributed by atoms with E-state index in [1.165, 1.54) is 66.5 Å². The van der Waals surface area contributed by atoms with Crippen LogP contribution in [0.25, 0.3) is 44.2 Å². The van der Waals surface area contributed by atoms with E-state index >= 15 is 0 Å². The van der Waals surface area contributed by atoms with E-state index < -0.39 is 37.0 Å². The quantitative estimate of drug-likeness (QED) is 0.116. The summed E-state index contributed by atoms with van der Waals surface area (Å²) in [6, 6.07) is 46.1. The second-order valence-corrected chi connectivity index (χ2v) is 29.6. The molecule has 0 aromatic heterocycles. The second-order valence-electron chi connectivity index (χ2n) is 14.5. The van der Waals surface area contributed by atoms with Gasteiger partial charge in [-0.1, -0.05) is 164 Å². The summed E-state index contributed by atoms with van der Waals surface area (Å²) in [6.07, 6.45) is 2.29. The van der Waals surface area contributed by atoms with Gasteiger partial charge in [-0.25, -0.2) is 0 Å². The first-order valence-electron chi connectivity index (χ1n) is 16.7. The molecule has 7 rings (SSSR count). The van der Waals surface area contributed by atoms with Crippen molar-refractivity contribution in [1.29, 1.82) is 0 Å². The van der Waals surface area contributed by atoms with Crippen molar-refractivity contribution >= 4 is 74.2 Å². The topological polar surface area (TPSA) is 0 Å². The largest absolute Gasteiger partial charge is 0.184 e. The molecule has 0 spiro atoms. The first kappa shape index (κ1) is 37.1. The number of hydrogen-bond acceptors (Lipinski definition) is 0. The Morgan fingerprint density at radius 2 is 1.33 bits per heavy atom. The second kappa shape index (κ2) is 16.2. The molecule has 1 heterocycles. The predicted molar refractivity (Wildman–Crippen MR) is 218 cm³/mol. The van der Waals surface area contributed by atoms with Gasteiger partial charge in [0.25, 0.3) is 0 Å². The molecule has 6 heteroatoms. The van der Waals surface area contributed by atoms with Crippen LogP contribution in [0.15, 0.2) is 115 Å². The van der Waals surface area contributed by atoms with Crippen LogP contribution in [0.1, 0.15) is 18.9 Å². The van der Waals surface area contributed by atoms with Gasteiger partial charge in [-0.2, -0.15) is 29.5 Å². The summed E-state index contributed by atoms with van der Waals surface area (Å²) in [4.78, 5) is 0. The molecule has 0 fully saturated rings. The zero-order valence-corrected chi connectivity index (χ0v) is 36.1. The Bertz CT molecular complexity index is 1910. The molecule has 0 bridgehead atoms. The molecular weight excluding hydrogens is 751 g/mol. The Morgan fingerprint density at radius 1 is 0.708 bits per heavy atom. The van der Waals surface area contributed by atoms with E-state index in [-0.39, 0.29) is 0 Å². The summed E-state index contributed by atoms with van der Waals surface area (Å²) >= 11 is -0.826. The fourth-order valence-corrected chi connectivity index (χ4v) is 10.1. The molecule has 1 aliphatic rings.